The fourth-order valence-corrected chi connectivity index (χ4v) is 2.49. The second-order valence-corrected chi connectivity index (χ2v) is 4.83. The number of hydrogen-bond acceptors (Lipinski definition) is 2. The number of nitrogens with zero attached hydrogens (tertiary/aromatic N) is 1. The number of aryl methyl sites for hydroxylation is 1. The fraction of sp³-hybridized carbons (Fsp3) is 0.294. The van der Waals surface area contributed by atoms with Gasteiger partial charge in [-0.1, -0.05) is 18.2 Å². The van der Waals surface area contributed by atoms with E-state index in [-0.39, 0.29) is 5.82 Å². The zero-order valence-corrected chi connectivity index (χ0v) is 12.3. The van der Waals surface area contributed by atoms with Gasteiger partial charge in [-0.3, -0.25) is 0 Å². The van der Waals surface area contributed by atoms with Gasteiger partial charge in [-0.05, 0) is 56.3 Å². The molecule has 0 aliphatic rings. The molecule has 3 heteroatoms. The van der Waals surface area contributed by atoms with Crippen molar-refractivity contribution in [2.45, 2.75) is 20.4 Å². The zero-order valence-electron chi connectivity index (χ0n) is 12.3. The predicted octanol–water partition coefficient (Wildman–Crippen LogP) is 4.01. The van der Waals surface area contributed by atoms with E-state index in [9.17, 15) is 4.39 Å². The highest BCUT2D eigenvalue weighted by molar-refractivity contribution is 5.68. The lowest BCUT2D eigenvalue weighted by atomic mass is 10.1. The van der Waals surface area contributed by atoms with Gasteiger partial charge in [0.05, 0.1) is 0 Å². The van der Waals surface area contributed by atoms with Crippen molar-refractivity contribution in [2.75, 3.05) is 18.5 Å². The minimum absolute atomic E-state index is 0.195. The first kappa shape index (κ1) is 14.5. The molecule has 0 aromatic heterocycles. The monoisotopic (exact) mass is 272 g/mol. The van der Waals surface area contributed by atoms with Gasteiger partial charge >= 0.3 is 0 Å². The van der Waals surface area contributed by atoms with Crippen molar-refractivity contribution in [1.82, 2.24) is 5.32 Å². The third kappa shape index (κ3) is 2.99. The average molecular weight is 272 g/mol. The van der Waals surface area contributed by atoms with Crippen LogP contribution in [0, 0.1) is 12.7 Å². The van der Waals surface area contributed by atoms with Crippen LogP contribution < -0.4 is 10.2 Å². The normalized spacial score (nSPS) is 10.6. The van der Waals surface area contributed by atoms with Crippen LogP contribution in [0.1, 0.15) is 18.1 Å². The summed E-state index contributed by atoms with van der Waals surface area (Å²) in [6, 6.07) is 13.3. The van der Waals surface area contributed by atoms with Crippen molar-refractivity contribution in [1.29, 1.82) is 0 Å². The molecule has 2 aromatic carbocycles. The maximum absolute atomic E-state index is 13.5. The Labute approximate surface area is 120 Å². The van der Waals surface area contributed by atoms with Crippen LogP contribution >= 0.6 is 0 Å². The summed E-state index contributed by atoms with van der Waals surface area (Å²) in [4.78, 5) is 2.22. The molecule has 0 fully saturated rings. The molecule has 0 spiro atoms. The highest BCUT2D eigenvalue weighted by atomic mass is 19.1. The zero-order chi connectivity index (χ0) is 14.5. The van der Waals surface area contributed by atoms with Crippen LogP contribution in [-0.4, -0.2) is 13.6 Å². The summed E-state index contributed by atoms with van der Waals surface area (Å²) in [5.41, 5.74) is 4.41. The quantitative estimate of drug-likeness (QED) is 0.884. The summed E-state index contributed by atoms with van der Waals surface area (Å²) >= 11 is 0. The summed E-state index contributed by atoms with van der Waals surface area (Å²) in [6.45, 7) is 5.70. The van der Waals surface area contributed by atoms with Crippen LogP contribution in [0.3, 0.4) is 0 Å². The molecule has 106 valence electrons. The van der Waals surface area contributed by atoms with Gasteiger partial charge < -0.3 is 10.2 Å². The summed E-state index contributed by atoms with van der Waals surface area (Å²) in [7, 11) is 1.87. The van der Waals surface area contributed by atoms with Crippen LogP contribution in [0.25, 0.3) is 0 Å². The Bertz CT molecular complexity index is 581. The highest BCUT2D eigenvalue weighted by Crippen LogP contribution is 2.31. The van der Waals surface area contributed by atoms with Crippen LogP contribution in [-0.2, 0) is 6.54 Å². The predicted molar refractivity (Wildman–Crippen MR) is 83.0 cm³/mol. The fourth-order valence-electron chi connectivity index (χ4n) is 2.49. The molecule has 0 aliphatic heterocycles. The van der Waals surface area contributed by atoms with E-state index >= 15 is 0 Å². The van der Waals surface area contributed by atoms with Gasteiger partial charge in [0.2, 0.25) is 0 Å². The lowest BCUT2D eigenvalue weighted by Gasteiger charge is -2.27. The molecule has 2 nitrogen and oxygen atoms in total. The van der Waals surface area contributed by atoms with Crippen LogP contribution in [0.4, 0.5) is 15.8 Å². The van der Waals surface area contributed by atoms with Crippen LogP contribution in [0.15, 0.2) is 42.5 Å². The Balaban J connectivity index is 2.49. The topological polar surface area (TPSA) is 15.3 Å². The first-order valence-electron chi connectivity index (χ1n) is 6.93. The van der Waals surface area contributed by atoms with Gasteiger partial charge in [0.1, 0.15) is 5.82 Å². The second kappa shape index (κ2) is 6.53. The summed E-state index contributed by atoms with van der Waals surface area (Å²) in [6.07, 6.45) is 0. The van der Waals surface area contributed by atoms with Gasteiger partial charge in [-0.15, -0.1) is 0 Å². The van der Waals surface area contributed by atoms with Gasteiger partial charge in [0, 0.05) is 24.5 Å². The van der Waals surface area contributed by atoms with Gasteiger partial charge in [0.25, 0.3) is 0 Å². The molecular weight excluding hydrogens is 251 g/mol. The van der Waals surface area contributed by atoms with Gasteiger partial charge in [-0.2, -0.15) is 0 Å². The maximum atomic E-state index is 13.5. The molecular formula is C17H21FN2. The molecule has 0 radical (unpaired) electrons. The Hall–Kier alpha value is -1.87. The molecule has 2 rings (SSSR count). The Kier molecular flexibility index (Phi) is 4.74. The second-order valence-electron chi connectivity index (χ2n) is 4.83. The van der Waals surface area contributed by atoms with Crippen molar-refractivity contribution in [3.05, 3.63) is 59.4 Å². The molecule has 1 N–H and O–H groups in total. The molecule has 2 aromatic rings. The van der Waals surface area contributed by atoms with E-state index in [0.29, 0.717) is 6.54 Å². The Morgan fingerprint density at radius 3 is 2.50 bits per heavy atom. The molecule has 0 atom stereocenters. The van der Waals surface area contributed by atoms with E-state index in [4.69, 9.17) is 0 Å². The first-order valence-corrected chi connectivity index (χ1v) is 6.93. The molecule has 0 bridgehead atoms. The highest BCUT2D eigenvalue weighted by Gasteiger charge is 2.13. The van der Waals surface area contributed by atoms with Crippen molar-refractivity contribution in [2.24, 2.45) is 0 Å². The van der Waals surface area contributed by atoms with Crippen molar-refractivity contribution in [3.63, 3.8) is 0 Å². The standard InChI is InChI=1S/C17H21FN2/c1-4-20(16-8-6-5-7-13(16)2)17-10-9-15(18)11-14(17)12-19-3/h5-11,19H,4,12H2,1-3H3. The summed E-state index contributed by atoms with van der Waals surface area (Å²) in [5.74, 6) is -0.195. The largest absolute Gasteiger partial charge is 0.341 e. The van der Waals surface area contributed by atoms with E-state index in [1.807, 2.05) is 25.2 Å². The number of nitrogens with one attached hydrogen (secondary N) is 1. The third-order valence-corrected chi connectivity index (χ3v) is 3.42. The number of rotatable bonds is 5. The molecule has 0 saturated carbocycles. The SMILES string of the molecule is CCN(c1ccccc1C)c1ccc(F)cc1CNC. The van der Waals surface area contributed by atoms with Crippen molar-refractivity contribution in [3.8, 4) is 0 Å². The number of hydrogen-bond donors (Lipinski definition) is 1. The van der Waals surface area contributed by atoms with Crippen molar-refractivity contribution >= 4 is 11.4 Å². The molecule has 0 saturated heterocycles. The number of para-hydroxylation sites is 1. The van der Waals surface area contributed by atoms with Crippen LogP contribution in [0.5, 0.6) is 0 Å². The third-order valence-electron chi connectivity index (χ3n) is 3.42. The molecule has 0 amide bonds. The van der Waals surface area contributed by atoms with E-state index in [2.05, 4.69) is 36.2 Å². The lowest BCUT2D eigenvalue weighted by Crippen LogP contribution is -2.20. The van der Waals surface area contributed by atoms with E-state index in [1.165, 1.54) is 17.3 Å². The minimum atomic E-state index is -0.195. The molecule has 20 heavy (non-hydrogen) atoms. The first-order chi connectivity index (χ1) is 9.67. The Morgan fingerprint density at radius 2 is 1.85 bits per heavy atom. The average Bonchev–Trinajstić information content (AvgIpc) is 2.44. The van der Waals surface area contributed by atoms with E-state index in [1.54, 1.807) is 6.07 Å². The van der Waals surface area contributed by atoms with Gasteiger partial charge in [-0.25, -0.2) is 4.39 Å². The summed E-state index contributed by atoms with van der Waals surface area (Å²) < 4.78 is 13.5. The smallest absolute Gasteiger partial charge is 0.123 e. The number of benzene rings is 2. The van der Waals surface area contributed by atoms with Crippen molar-refractivity contribution < 1.29 is 4.39 Å². The number of anilines is 2. The van der Waals surface area contributed by atoms with E-state index in [0.717, 1.165) is 17.8 Å². The minimum Gasteiger partial charge on any atom is -0.341 e. The van der Waals surface area contributed by atoms with E-state index < -0.39 is 0 Å². The van der Waals surface area contributed by atoms with Crippen LogP contribution in [0.2, 0.25) is 0 Å². The number of halogens is 1. The molecule has 0 aliphatic carbocycles. The Morgan fingerprint density at radius 1 is 1.10 bits per heavy atom. The lowest BCUT2D eigenvalue weighted by molar-refractivity contribution is 0.623. The molecule has 0 unspecified atom stereocenters. The maximum Gasteiger partial charge on any atom is 0.123 e. The molecule has 0 heterocycles. The van der Waals surface area contributed by atoms with Gasteiger partial charge in [0.15, 0.2) is 0 Å². The summed E-state index contributed by atoms with van der Waals surface area (Å²) in [5, 5.41) is 3.10.